The van der Waals surface area contributed by atoms with Crippen molar-refractivity contribution >= 4 is 22.9 Å². The Bertz CT molecular complexity index is 998. The molecule has 0 bridgehead atoms. The van der Waals surface area contributed by atoms with Crippen LogP contribution >= 0.6 is 0 Å². The molecule has 1 aromatic heterocycles. The lowest BCUT2D eigenvalue weighted by Crippen LogP contribution is -2.45. The standard InChI is InChI=1S/C22H24N4O2/c1-22(2,3)28-21(27)26-15-9-14-25(26)20-23-18-13-8-7-12-17(18)19(24-20)16-10-5-4-6-11-16/h4-8,10-13H,9,14-15H2,1-3H3. The minimum atomic E-state index is -0.551. The van der Waals surface area contributed by atoms with E-state index >= 15 is 0 Å². The first kappa shape index (κ1) is 18.2. The van der Waals surface area contributed by atoms with Crippen molar-refractivity contribution in [3.8, 4) is 11.3 Å². The monoisotopic (exact) mass is 376 g/mol. The summed E-state index contributed by atoms with van der Waals surface area (Å²) in [6, 6.07) is 18.0. The summed E-state index contributed by atoms with van der Waals surface area (Å²) in [5.41, 5.74) is 2.18. The van der Waals surface area contributed by atoms with Gasteiger partial charge >= 0.3 is 6.09 Å². The van der Waals surface area contributed by atoms with Crippen molar-refractivity contribution in [1.29, 1.82) is 0 Å². The van der Waals surface area contributed by atoms with E-state index in [9.17, 15) is 4.79 Å². The molecular formula is C22H24N4O2. The molecule has 144 valence electrons. The SMILES string of the molecule is CC(C)(C)OC(=O)N1CCCN1c1nc(-c2ccccc2)c2ccccc2n1. The highest BCUT2D eigenvalue weighted by molar-refractivity contribution is 5.93. The summed E-state index contributed by atoms with van der Waals surface area (Å²) in [6.45, 7) is 6.86. The van der Waals surface area contributed by atoms with Gasteiger partial charge in [0.2, 0.25) is 5.95 Å². The third kappa shape index (κ3) is 3.63. The van der Waals surface area contributed by atoms with Crippen molar-refractivity contribution in [2.45, 2.75) is 32.8 Å². The Hall–Kier alpha value is -3.15. The van der Waals surface area contributed by atoms with Gasteiger partial charge < -0.3 is 4.74 Å². The summed E-state index contributed by atoms with van der Waals surface area (Å²) < 4.78 is 5.57. The van der Waals surface area contributed by atoms with Gasteiger partial charge in [0, 0.05) is 24.0 Å². The van der Waals surface area contributed by atoms with Crippen molar-refractivity contribution in [2.75, 3.05) is 18.1 Å². The third-order valence-electron chi connectivity index (χ3n) is 4.51. The van der Waals surface area contributed by atoms with Gasteiger partial charge in [0.1, 0.15) is 5.60 Å². The Morgan fingerprint density at radius 3 is 2.43 bits per heavy atom. The maximum Gasteiger partial charge on any atom is 0.429 e. The van der Waals surface area contributed by atoms with Gasteiger partial charge in [-0.2, -0.15) is 0 Å². The van der Waals surface area contributed by atoms with Gasteiger partial charge in [0.25, 0.3) is 0 Å². The van der Waals surface area contributed by atoms with Crippen molar-refractivity contribution in [3.63, 3.8) is 0 Å². The highest BCUT2D eigenvalue weighted by Crippen LogP contribution is 2.30. The van der Waals surface area contributed by atoms with Gasteiger partial charge in [0.05, 0.1) is 11.2 Å². The van der Waals surface area contributed by atoms with E-state index in [1.807, 2.05) is 80.4 Å². The van der Waals surface area contributed by atoms with Crippen LogP contribution in [0, 0.1) is 0 Å². The minimum absolute atomic E-state index is 0.372. The molecule has 1 amide bonds. The predicted octanol–water partition coefficient (Wildman–Crippen LogP) is 4.66. The normalized spacial score (nSPS) is 14.5. The molecular weight excluding hydrogens is 352 g/mol. The molecule has 6 heteroatoms. The van der Waals surface area contributed by atoms with E-state index in [0.717, 1.165) is 28.6 Å². The minimum Gasteiger partial charge on any atom is -0.442 e. The molecule has 0 aliphatic carbocycles. The molecule has 1 fully saturated rings. The third-order valence-corrected chi connectivity index (χ3v) is 4.51. The lowest BCUT2D eigenvalue weighted by molar-refractivity contribution is 0.0271. The largest absolute Gasteiger partial charge is 0.442 e. The topological polar surface area (TPSA) is 58.6 Å². The highest BCUT2D eigenvalue weighted by Gasteiger charge is 2.32. The van der Waals surface area contributed by atoms with Crippen molar-refractivity contribution in [2.24, 2.45) is 0 Å². The predicted molar refractivity (Wildman–Crippen MR) is 110 cm³/mol. The number of hydrogen-bond donors (Lipinski definition) is 0. The number of rotatable bonds is 2. The molecule has 4 rings (SSSR count). The number of amides is 1. The number of carbonyl (C=O) groups excluding carboxylic acids is 1. The maximum atomic E-state index is 12.7. The average Bonchev–Trinajstić information content (AvgIpc) is 3.16. The highest BCUT2D eigenvalue weighted by atomic mass is 16.6. The summed E-state index contributed by atoms with van der Waals surface area (Å²) >= 11 is 0. The molecule has 0 unspecified atom stereocenters. The van der Waals surface area contributed by atoms with E-state index in [2.05, 4.69) is 0 Å². The fraction of sp³-hybridized carbons (Fsp3) is 0.318. The molecule has 28 heavy (non-hydrogen) atoms. The second-order valence-electron chi connectivity index (χ2n) is 7.84. The Morgan fingerprint density at radius 2 is 1.68 bits per heavy atom. The number of aromatic nitrogens is 2. The summed E-state index contributed by atoms with van der Waals surface area (Å²) in [6.07, 6.45) is 0.471. The van der Waals surface area contributed by atoms with Crippen molar-refractivity contribution < 1.29 is 9.53 Å². The van der Waals surface area contributed by atoms with Gasteiger partial charge in [-0.05, 0) is 33.3 Å². The number of carbonyl (C=O) groups is 1. The first-order chi connectivity index (χ1) is 13.4. The smallest absolute Gasteiger partial charge is 0.429 e. The van der Waals surface area contributed by atoms with Crippen molar-refractivity contribution in [1.82, 2.24) is 15.0 Å². The molecule has 1 aliphatic rings. The molecule has 6 nitrogen and oxygen atoms in total. The summed E-state index contributed by atoms with van der Waals surface area (Å²) in [7, 11) is 0. The van der Waals surface area contributed by atoms with Crippen LogP contribution in [0.3, 0.4) is 0 Å². The molecule has 0 radical (unpaired) electrons. The van der Waals surface area contributed by atoms with Crippen LogP contribution < -0.4 is 5.01 Å². The first-order valence-electron chi connectivity index (χ1n) is 9.52. The van der Waals surface area contributed by atoms with Crippen LogP contribution in [-0.4, -0.2) is 39.8 Å². The zero-order chi connectivity index (χ0) is 19.7. The van der Waals surface area contributed by atoms with Crippen LogP contribution in [0.15, 0.2) is 54.6 Å². The lowest BCUT2D eigenvalue weighted by Gasteiger charge is -2.30. The number of fused-ring (bicyclic) bond motifs is 1. The van der Waals surface area contributed by atoms with Crippen LogP contribution in [0.2, 0.25) is 0 Å². The lowest BCUT2D eigenvalue weighted by atomic mass is 10.1. The molecule has 2 aromatic carbocycles. The molecule has 0 atom stereocenters. The molecule has 0 spiro atoms. The molecule has 1 aliphatic heterocycles. The summed E-state index contributed by atoms with van der Waals surface area (Å²) in [5.74, 6) is 0.515. The van der Waals surface area contributed by atoms with Crippen molar-refractivity contribution in [3.05, 3.63) is 54.6 Å². The van der Waals surface area contributed by atoms with Gasteiger partial charge in [-0.3, -0.25) is 0 Å². The Morgan fingerprint density at radius 1 is 0.964 bits per heavy atom. The first-order valence-corrected chi connectivity index (χ1v) is 9.52. The summed E-state index contributed by atoms with van der Waals surface area (Å²) in [4.78, 5) is 22.3. The maximum absolute atomic E-state index is 12.7. The Kier molecular flexibility index (Phi) is 4.63. The summed E-state index contributed by atoms with van der Waals surface area (Å²) in [5, 5.41) is 4.41. The van der Waals surface area contributed by atoms with E-state index < -0.39 is 5.60 Å². The Balaban J connectivity index is 1.77. The van der Waals surface area contributed by atoms with E-state index in [1.54, 1.807) is 5.01 Å². The van der Waals surface area contributed by atoms with Gasteiger partial charge in [-0.1, -0.05) is 48.5 Å². The Labute approximate surface area is 164 Å². The van der Waals surface area contributed by atoms with E-state index in [0.29, 0.717) is 19.0 Å². The van der Waals surface area contributed by atoms with Crippen LogP contribution in [0.1, 0.15) is 27.2 Å². The zero-order valence-electron chi connectivity index (χ0n) is 16.4. The van der Waals surface area contributed by atoms with Gasteiger partial charge in [0.15, 0.2) is 0 Å². The number of para-hydroxylation sites is 1. The van der Waals surface area contributed by atoms with E-state index in [-0.39, 0.29) is 6.09 Å². The second-order valence-corrected chi connectivity index (χ2v) is 7.84. The molecule has 3 aromatic rings. The molecule has 1 saturated heterocycles. The second kappa shape index (κ2) is 7.11. The van der Waals surface area contributed by atoms with Crippen LogP contribution in [0.5, 0.6) is 0 Å². The molecule has 0 saturated carbocycles. The van der Waals surface area contributed by atoms with Crippen LogP contribution in [0.4, 0.5) is 10.7 Å². The fourth-order valence-electron chi connectivity index (χ4n) is 3.32. The number of hydrogen-bond acceptors (Lipinski definition) is 5. The molecule has 0 N–H and O–H groups in total. The number of hydrazine groups is 1. The molecule has 2 heterocycles. The number of ether oxygens (including phenoxy) is 1. The van der Waals surface area contributed by atoms with Crippen LogP contribution in [-0.2, 0) is 4.74 Å². The van der Waals surface area contributed by atoms with Crippen LogP contribution in [0.25, 0.3) is 22.2 Å². The van der Waals surface area contributed by atoms with Gasteiger partial charge in [-0.25, -0.2) is 24.8 Å². The van der Waals surface area contributed by atoms with Gasteiger partial charge in [-0.15, -0.1) is 0 Å². The number of benzene rings is 2. The van der Waals surface area contributed by atoms with E-state index in [1.165, 1.54) is 0 Å². The zero-order valence-corrected chi connectivity index (χ0v) is 16.4. The quantitative estimate of drug-likeness (QED) is 0.651. The average molecular weight is 376 g/mol. The fourth-order valence-corrected chi connectivity index (χ4v) is 3.32. The number of nitrogens with zero attached hydrogens (tertiary/aromatic N) is 4. The number of anilines is 1. The van der Waals surface area contributed by atoms with E-state index in [4.69, 9.17) is 14.7 Å².